The third kappa shape index (κ3) is 10.8. The molecule has 14 nitrogen and oxygen atoms in total. The number of fused-ring (bicyclic) bond motifs is 6. The molecular weight excluding hydrogens is 795 g/mol. The number of esters is 3. The van der Waals surface area contributed by atoms with E-state index in [1.54, 1.807) is 92.6 Å². The Morgan fingerprint density at radius 3 is 1.68 bits per heavy atom. The van der Waals surface area contributed by atoms with Gasteiger partial charge in [0.1, 0.15) is 51.9 Å². The number of hydrogen-bond acceptors (Lipinski definition) is 14. The molecule has 0 bridgehead atoms. The number of thiocarbonyl (C=S) groups is 1. The molecule has 0 radical (unpaired) electrons. The zero-order valence-corrected chi connectivity index (χ0v) is 35.5. The lowest BCUT2D eigenvalue weighted by atomic mass is 9.77. The summed E-state index contributed by atoms with van der Waals surface area (Å²) in [6, 6.07) is 12.0. The van der Waals surface area contributed by atoms with Crippen LogP contribution in [-0.4, -0.2) is 79.7 Å². The first kappa shape index (κ1) is 43.3. The van der Waals surface area contributed by atoms with Crippen molar-refractivity contribution in [2.75, 3.05) is 16.8 Å². The van der Waals surface area contributed by atoms with Gasteiger partial charge in [0.15, 0.2) is 10.7 Å². The lowest BCUT2D eigenvalue weighted by Crippen LogP contribution is -2.47. The molecule has 2 aliphatic heterocycles. The van der Waals surface area contributed by atoms with Gasteiger partial charge in [0.2, 0.25) is 0 Å². The van der Waals surface area contributed by atoms with Crippen LogP contribution in [0.5, 0.6) is 23.0 Å². The fraction of sp³-hybridized carbons (Fsp3) is 0.425. The van der Waals surface area contributed by atoms with Crippen LogP contribution in [0.15, 0.2) is 54.6 Å². The average molecular weight is 842 g/mol. The number of aromatic hydroxyl groups is 2. The van der Waals surface area contributed by atoms with E-state index in [9.17, 15) is 29.4 Å². The Balaban J connectivity index is 1.31. The molecule has 306 valence electrons. The Kier molecular flexibility index (Phi) is 12.6. The van der Waals surface area contributed by atoms with Crippen molar-refractivity contribution in [2.24, 2.45) is 0 Å². The van der Waals surface area contributed by atoms with E-state index in [0.717, 1.165) is 0 Å². The van der Waals surface area contributed by atoms with Crippen molar-refractivity contribution in [3.8, 4) is 23.0 Å². The van der Waals surface area contributed by atoms with Crippen molar-refractivity contribution >= 4 is 68.6 Å². The predicted molar refractivity (Wildman–Crippen MR) is 221 cm³/mol. The van der Waals surface area contributed by atoms with Crippen LogP contribution in [0.3, 0.4) is 0 Å². The highest BCUT2D eigenvalue weighted by molar-refractivity contribution is 8.76. The number of amides is 1. The van der Waals surface area contributed by atoms with E-state index in [2.05, 4.69) is 16.0 Å². The monoisotopic (exact) mass is 841 g/mol. The van der Waals surface area contributed by atoms with Crippen LogP contribution in [0, 0.1) is 0 Å². The zero-order valence-electron chi connectivity index (χ0n) is 33.1. The number of carbonyl (C=O) groups excluding carboxylic acids is 4. The molecule has 2 aliphatic rings. The number of benzene rings is 3. The van der Waals surface area contributed by atoms with Crippen LogP contribution < -0.4 is 20.7 Å². The normalized spacial score (nSPS) is 15.1. The van der Waals surface area contributed by atoms with E-state index in [1.165, 1.54) is 45.9 Å². The molecule has 0 saturated heterocycles. The van der Waals surface area contributed by atoms with Gasteiger partial charge in [-0.15, -0.1) is 0 Å². The molecule has 2 atom stereocenters. The molecule has 2 heterocycles. The molecule has 0 unspecified atom stereocenters. The highest BCUT2D eigenvalue weighted by Gasteiger charge is 2.53. The Morgan fingerprint density at radius 2 is 1.19 bits per heavy atom. The average Bonchev–Trinajstić information content (AvgIpc) is 3.34. The number of rotatable bonds is 10. The third-order valence-electron chi connectivity index (χ3n) is 7.96. The molecule has 0 aromatic heterocycles. The van der Waals surface area contributed by atoms with Crippen LogP contribution >= 0.6 is 33.8 Å². The first-order valence-corrected chi connectivity index (χ1v) is 20.8. The molecular formula is C40H47N3O11S3. The Hall–Kier alpha value is -4.87. The molecule has 5 rings (SSSR count). The molecule has 0 aliphatic carbocycles. The first-order valence-electron chi connectivity index (χ1n) is 17.9. The highest BCUT2D eigenvalue weighted by atomic mass is 33.1. The SMILES string of the molecule is CC(C)(C)OC(=O)N[C@@H](CSSC[C@H](NC(=S)Nc1ccc2c(c1)C(=O)OC21c2ccc(O)cc2Oc2cc(O)ccc21)C(=O)OC(C)(C)C)C(=O)OC(C)(C)C. The summed E-state index contributed by atoms with van der Waals surface area (Å²) in [4.78, 5) is 52.5. The summed E-state index contributed by atoms with van der Waals surface area (Å²) in [6.45, 7) is 15.5. The Morgan fingerprint density at radius 1 is 0.719 bits per heavy atom. The van der Waals surface area contributed by atoms with Crippen LogP contribution in [0.25, 0.3) is 0 Å². The van der Waals surface area contributed by atoms with Gasteiger partial charge in [0.05, 0.1) is 5.56 Å². The van der Waals surface area contributed by atoms with Gasteiger partial charge in [-0.1, -0.05) is 27.7 Å². The summed E-state index contributed by atoms with van der Waals surface area (Å²) in [5.74, 6) is -1.21. The largest absolute Gasteiger partial charge is 0.508 e. The van der Waals surface area contributed by atoms with E-state index in [-0.39, 0.29) is 45.2 Å². The van der Waals surface area contributed by atoms with Crippen molar-refractivity contribution in [1.29, 1.82) is 0 Å². The number of phenolic OH excluding ortho intramolecular Hbond substituents is 2. The standard InChI is InChI=1S/C40H47N3O11S3/c1-37(2,3)51-33(47)28(19-56-57-20-29(34(48)52-38(4,5)6)43-36(49)54-39(7,8)9)42-35(55)41-21-10-13-25-24(16-21)32(46)53-40(25)26-14-11-22(44)17-30(26)50-31-18-23(45)12-15-27(31)40/h10-18,28-29,44-45H,19-20H2,1-9H3,(H,43,49)(H2,41,42,55)/t28-,29-/m0/s1. The summed E-state index contributed by atoms with van der Waals surface area (Å²) in [7, 11) is 2.48. The minimum Gasteiger partial charge on any atom is -0.508 e. The molecule has 0 fully saturated rings. The number of phenols is 2. The highest BCUT2D eigenvalue weighted by Crippen LogP contribution is 2.57. The first-order chi connectivity index (χ1) is 26.4. The second kappa shape index (κ2) is 16.5. The van der Waals surface area contributed by atoms with Crippen LogP contribution in [0.2, 0.25) is 0 Å². The number of carbonyl (C=O) groups is 4. The maximum Gasteiger partial charge on any atom is 0.408 e. The number of hydrogen-bond donors (Lipinski definition) is 5. The van der Waals surface area contributed by atoms with Crippen LogP contribution in [0.1, 0.15) is 89.4 Å². The summed E-state index contributed by atoms with van der Waals surface area (Å²) >= 11 is 5.62. The van der Waals surface area contributed by atoms with Crippen molar-refractivity contribution < 1.29 is 53.1 Å². The lowest BCUT2D eigenvalue weighted by molar-refractivity contribution is -0.157. The number of anilines is 1. The summed E-state index contributed by atoms with van der Waals surface area (Å²) in [6.07, 6.45) is -0.772. The summed E-state index contributed by atoms with van der Waals surface area (Å²) in [5, 5.41) is 29.1. The number of nitrogens with one attached hydrogen (secondary N) is 3. The number of ether oxygens (including phenoxy) is 5. The van der Waals surface area contributed by atoms with Crippen LogP contribution in [-0.2, 0) is 34.1 Å². The van der Waals surface area contributed by atoms with Gasteiger partial charge in [-0.25, -0.2) is 19.2 Å². The van der Waals surface area contributed by atoms with Gasteiger partial charge >= 0.3 is 24.0 Å². The fourth-order valence-corrected chi connectivity index (χ4v) is 8.43. The summed E-state index contributed by atoms with van der Waals surface area (Å²) < 4.78 is 28.7. The predicted octanol–water partition coefficient (Wildman–Crippen LogP) is 7.28. The van der Waals surface area contributed by atoms with E-state index in [0.29, 0.717) is 22.4 Å². The number of alkyl carbamates (subject to hydrolysis) is 1. The van der Waals surface area contributed by atoms with E-state index >= 15 is 0 Å². The quantitative estimate of drug-likeness (QED) is 0.0450. The van der Waals surface area contributed by atoms with Gasteiger partial charge in [-0.2, -0.15) is 0 Å². The second-order valence-electron chi connectivity index (χ2n) is 16.3. The van der Waals surface area contributed by atoms with E-state index < -0.39 is 58.5 Å². The Bertz CT molecular complexity index is 2020. The van der Waals surface area contributed by atoms with Gasteiger partial charge in [-0.05, 0) is 111 Å². The second-order valence-corrected chi connectivity index (χ2v) is 19.2. The minimum atomic E-state index is -1.43. The molecule has 0 saturated carbocycles. The molecule has 1 spiro atoms. The molecule has 17 heteroatoms. The molecule has 3 aromatic carbocycles. The third-order valence-corrected chi connectivity index (χ3v) is 10.6. The van der Waals surface area contributed by atoms with Crippen molar-refractivity contribution in [1.82, 2.24) is 10.6 Å². The van der Waals surface area contributed by atoms with Crippen molar-refractivity contribution in [3.63, 3.8) is 0 Å². The van der Waals surface area contributed by atoms with Crippen LogP contribution in [0.4, 0.5) is 10.5 Å². The fourth-order valence-electron chi connectivity index (χ4n) is 5.87. The van der Waals surface area contributed by atoms with Gasteiger partial charge < -0.3 is 49.8 Å². The smallest absolute Gasteiger partial charge is 0.408 e. The van der Waals surface area contributed by atoms with Gasteiger partial charge in [-0.3, -0.25) is 0 Å². The van der Waals surface area contributed by atoms with Gasteiger partial charge in [0.25, 0.3) is 0 Å². The topological polar surface area (TPSA) is 191 Å². The van der Waals surface area contributed by atoms with E-state index in [1.807, 2.05) is 0 Å². The van der Waals surface area contributed by atoms with Gasteiger partial charge in [0, 0.05) is 46.0 Å². The minimum absolute atomic E-state index is 0.0560. The molecule has 5 N–H and O–H groups in total. The zero-order chi connectivity index (χ0) is 42.1. The summed E-state index contributed by atoms with van der Waals surface area (Å²) in [5.41, 5.74) is -1.70. The van der Waals surface area contributed by atoms with E-state index in [4.69, 9.17) is 35.9 Å². The lowest BCUT2D eigenvalue weighted by Gasteiger charge is -2.36. The molecule has 3 aromatic rings. The van der Waals surface area contributed by atoms with Crippen molar-refractivity contribution in [3.05, 3.63) is 76.9 Å². The maximum atomic E-state index is 13.6. The maximum absolute atomic E-state index is 13.6. The molecule has 57 heavy (non-hydrogen) atoms. The van der Waals surface area contributed by atoms with Crippen molar-refractivity contribution in [2.45, 2.75) is 96.8 Å². The molecule has 1 amide bonds. The Labute approximate surface area is 344 Å².